The number of aliphatic carboxylic acids is 1. The number of anilines is 1. The summed E-state index contributed by atoms with van der Waals surface area (Å²) in [6.07, 6.45) is 1.93. The molecule has 2 aromatic rings. The second-order valence-corrected chi connectivity index (χ2v) is 7.11. The number of carboxylic acids is 1. The van der Waals surface area contributed by atoms with Crippen LogP contribution in [0.5, 0.6) is 0 Å². The number of rotatable bonds is 4. The van der Waals surface area contributed by atoms with Crippen molar-refractivity contribution in [2.75, 3.05) is 31.2 Å². The molecule has 0 aromatic heterocycles. The average Bonchev–Trinajstić information content (AvgIpc) is 2.94. The van der Waals surface area contributed by atoms with Gasteiger partial charge in [0.2, 0.25) is 0 Å². The van der Waals surface area contributed by atoms with Crippen molar-refractivity contribution >= 4 is 28.9 Å². The third kappa shape index (κ3) is 3.58. The highest BCUT2D eigenvalue weighted by molar-refractivity contribution is 6.07. The summed E-state index contributed by atoms with van der Waals surface area (Å²) in [6, 6.07) is 12.9. The Balaban J connectivity index is 1.68. The van der Waals surface area contributed by atoms with Crippen molar-refractivity contribution in [3.8, 4) is 0 Å². The highest BCUT2D eigenvalue weighted by Gasteiger charge is 2.25. The predicted octanol–water partition coefficient (Wildman–Crippen LogP) is 4.46. The second kappa shape index (κ2) is 7.60. The van der Waals surface area contributed by atoms with E-state index in [0.29, 0.717) is 11.1 Å². The SMILES string of the molecule is CC1=C(CC(=O)O)c2cc(F)ccc2/C1=C\c1ccc(N2CCOCC2)cc1. The number of morpholine rings is 1. The van der Waals surface area contributed by atoms with Gasteiger partial charge in [-0.3, -0.25) is 4.79 Å². The molecule has 1 heterocycles. The van der Waals surface area contributed by atoms with Gasteiger partial charge >= 0.3 is 5.97 Å². The Morgan fingerprint density at radius 3 is 2.54 bits per heavy atom. The number of carboxylic acid groups (broad SMARTS) is 1. The molecule has 0 spiro atoms. The van der Waals surface area contributed by atoms with Crippen LogP contribution < -0.4 is 4.90 Å². The number of hydrogen-bond acceptors (Lipinski definition) is 3. The molecule has 144 valence electrons. The lowest BCUT2D eigenvalue weighted by atomic mass is 10.0. The van der Waals surface area contributed by atoms with E-state index < -0.39 is 5.97 Å². The molecule has 0 amide bonds. The normalized spacial score (nSPS) is 17.9. The summed E-state index contributed by atoms with van der Waals surface area (Å²) < 4.78 is 19.2. The van der Waals surface area contributed by atoms with Crippen LogP contribution in [0.25, 0.3) is 17.2 Å². The van der Waals surface area contributed by atoms with Crippen molar-refractivity contribution in [2.45, 2.75) is 13.3 Å². The van der Waals surface area contributed by atoms with E-state index in [9.17, 15) is 14.3 Å². The van der Waals surface area contributed by atoms with Gasteiger partial charge in [-0.15, -0.1) is 0 Å². The Hall–Kier alpha value is -2.92. The van der Waals surface area contributed by atoms with Crippen molar-refractivity contribution in [3.05, 3.63) is 70.5 Å². The zero-order valence-corrected chi connectivity index (χ0v) is 15.7. The molecule has 4 nitrogen and oxygen atoms in total. The lowest BCUT2D eigenvalue weighted by Gasteiger charge is -2.28. The van der Waals surface area contributed by atoms with E-state index in [-0.39, 0.29) is 12.2 Å². The quantitative estimate of drug-likeness (QED) is 0.852. The molecule has 0 radical (unpaired) electrons. The summed E-state index contributed by atoms with van der Waals surface area (Å²) >= 11 is 0. The molecule has 4 rings (SSSR count). The molecule has 2 aliphatic rings. The predicted molar refractivity (Wildman–Crippen MR) is 109 cm³/mol. The number of nitrogens with zero attached hydrogens (tertiary/aromatic N) is 1. The van der Waals surface area contributed by atoms with E-state index in [1.54, 1.807) is 6.07 Å². The molecule has 1 saturated heterocycles. The number of allylic oxidation sites excluding steroid dienone is 2. The minimum absolute atomic E-state index is 0.115. The van der Waals surface area contributed by atoms with Crippen molar-refractivity contribution in [1.82, 2.24) is 0 Å². The summed E-state index contributed by atoms with van der Waals surface area (Å²) in [5, 5.41) is 9.26. The number of hydrogen-bond donors (Lipinski definition) is 1. The molecule has 1 aliphatic heterocycles. The van der Waals surface area contributed by atoms with Crippen LogP contribution in [-0.4, -0.2) is 37.4 Å². The Morgan fingerprint density at radius 1 is 1.14 bits per heavy atom. The van der Waals surface area contributed by atoms with Gasteiger partial charge in [0.1, 0.15) is 5.82 Å². The monoisotopic (exact) mass is 379 g/mol. The van der Waals surface area contributed by atoms with Crippen LogP contribution in [0.15, 0.2) is 48.0 Å². The van der Waals surface area contributed by atoms with Gasteiger partial charge in [-0.2, -0.15) is 0 Å². The molecule has 0 bridgehead atoms. The highest BCUT2D eigenvalue weighted by Crippen LogP contribution is 2.43. The van der Waals surface area contributed by atoms with E-state index in [1.807, 2.05) is 13.0 Å². The lowest BCUT2D eigenvalue weighted by molar-refractivity contribution is -0.135. The van der Waals surface area contributed by atoms with Crippen LogP contribution in [0.2, 0.25) is 0 Å². The molecular weight excluding hydrogens is 357 g/mol. The van der Waals surface area contributed by atoms with Crippen molar-refractivity contribution in [1.29, 1.82) is 0 Å². The van der Waals surface area contributed by atoms with Gasteiger partial charge in [0.05, 0.1) is 19.6 Å². The van der Waals surface area contributed by atoms with Crippen LogP contribution in [0.1, 0.15) is 30.0 Å². The number of benzene rings is 2. The molecule has 2 aromatic carbocycles. The first kappa shape index (κ1) is 18.4. The van der Waals surface area contributed by atoms with Gasteiger partial charge < -0.3 is 14.7 Å². The van der Waals surface area contributed by atoms with Gasteiger partial charge in [-0.25, -0.2) is 4.39 Å². The zero-order chi connectivity index (χ0) is 19.7. The molecule has 0 saturated carbocycles. The first-order valence-corrected chi connectivity index (χ1v) is 9.39. The van der Waals surface area contributed by atoms with E-state index in [4.69, 9.17) is 4.74 Å². The van der Waals surface area contributed by atoms with Gasteiger partial charge in [0.25, 0.3) is 0 Å². The van der Waals surface area contributed by atoms with Crippen molar-refractivity contribution < 1.29 is 19.0 Å². The third-order valence-corrected chi connectivity index (χ3v) is 5.36. The summed E-state index contributed by atoms with van der Waals surface area (Å²) in [5.41, 5.74) is 6.27. The molecule has 0 unspecified atom stereocenters. The summed E-state index contributed by atoms with van der Waals surface area (Å²) in [6.45, 7) is 5.18. The standard InChI is InChI=1S/C23H22FNO3/c1-15-20(19-7-4-17(24)13-22(19)21(15)14-23(26)27)12-16-2-5-18(6-3-16)25-8-10-28-11-9-25/h2-7,12-13H,8-11,14H2,1H3,(H,26,27)/b20-12-. The Kier molecular flexibility index (Phi) is 5.01. The fraction of sp³-hybridized carbons (Fsp3) is 0.261. The Morgan fingerprint density at radius 2 is 1.86 bits per heavy atom. The van der Waals surface area contributed by atoms with Crippen molar-refractivity contribution in [3.63, 3.8) is 0 Å². The van der Waals surface area contributed by atoms with Gasteiger partial charge in [-0.05, 0) is 70.7 Å². The zero-order valence-electron chi connectivity index (χ0n) is 15.7. The summed E-state index contributed by atoms with van der Waals surface area (Å²) in [7, 11) is 0. The lowest BCUT2D eigenvalue weighted by Crippen LogP contribution is -2.36. The molecule has 1 fully saturated rings. The van der Waals surface area contributed by atoms with Crippen molar-refractivity contribution in [2.24, 2.45) is 0 Å². The Labute approximate surface area is 163 Å². The fourth-order valence-corrected chi connectivity index (χ4v) is 3.90. The van der Waals surface area contributed by atoms with Gasteiger partial charge in [0, 0.05) is 18.8 Å². The maximum absolute atomic E-state index is 13.8. The van der Waals surface area contributed by atoms with Gasteiger partial charge in [-0.1, -0.05) is 18.2 Å². The number of ether oxygens (including phenoxy) is 1. The highest BCUT2D eigenvalue weighted by atomic mass is 19.1. The Bertz CT molecular complexity index is 970. The maximum atomic E-state index is 13.8. The molecule has 0 atom stereocenters. The molecule has 28 heavy (non-hydrogen) atoms. The molecule has 1 aliphatic carbocycles. The summed E-state index contributed by atoms with van der Waals surface area (Å²) in [4.78, 5) is 13.6. The topological polar surface area (TPSA) is 49.8 Å². The van der Waals surface area contributed by atoms with Crippen LogP contribution in [0.3, 0.4) is 0 Å². The van der Waals surface area contributed by atoms with E-state index in [1.165, 1.54) is 12.1 Å². The first-order valence-electron chi connectivity index (χ1n) is 9.39. The minimum Gasteiger partial charge on any atom is -0.481 e. The second-order valence-electron chi connectivity index (χ2n) is 7.11. The van der Waals surface area contributed by atoms with Crippen LogP contribution >= 0.6 is 0 Å². The summed E-state index contributed by atoms with van der Waals surface area (Å²) in [5.74, 6) is -1.27. The third-order valence-electron chi connectivity index (χ3n) is 5.36. The maximum Gasteiger partial charge on any atom is 0.307 e. The van der Waals surface area contributed by atoms with E-state index in [0.717, 1.165) is 54.3 Å². The number of fused-ring (bicyclic) bond motifs is 1. The van der Waals surface area contributed by atoms with Crippen LogP contribution in [0.4, 0.5) is 10.1 Å². The number of carbonyl (C=O) groups is 1. The molecule has 1 N–H and O–H groups in total. The van der Waals surface area contributed by atoms with Crippen LogP contribution in [-0.2, 0) is 9.53 Å². The van der Waals surface area contributed by atoms with Crippen LogP contribution in [0, 0.1) is 5.82 Å². The van der Waals surface area contributed by atoms with E-state index in [2.05, 4.69) is 29.2 Å². The first-order chi connectivity index (χ1) is 13.5. The fourth-order valence-electron chi connectivity index (χ4n) is 3.90. The van der Waals surface area contributed by atoms with E-state index >= 15 is 0 Å². The largest absolute Gasteiger partial charge is 0.481 e. The molecule has 5 heteroatoms. The number of halogens is 1. The average molecular weight is 379 g/mol. The molecular formula is C23H22FNO3. The smallest absolute Gasteiger partial charge is 0.307 e. The van der Waals surface area contributed by atoms with Gasteiger partial charge in [0.15, 0.2) is 0 Å². The minimum atomic E-state index is -0.916.